The molecule has 0 aliphatic rings. The van der Waals surface area contributed by atoms with Gasteiger partial charge in [0.1, 0.15) is 5.82 Å². The van der Waals surface area contributed by atoms with Crippen LogP contribution in [0.15, 0.2) is 30.3 Å². The van der Waals surface area contributed by atoms with Crippen molar-refractivity contribution in [3.05, 3.63) is 69.5 Å². The summed E-state index contributed by atoms with van der Waals surface area (Å²) in [6.07, 6.45) is 0. The maximum absolute atomic E-state index is 14.7. The maximum atomic E-state index is 14.7. The molecule has 0 amide bonds. The van der Waals surface area contributed by atoms with Gasteiger partial charge in [0.2, 0.25) is 0 Å². The average molecular weight is 390 g/mol. The molecule has 2 aromatic rings. The summed E-state index contributed by atoms with van der Waals surface area (Å²) < 4.78 is 14.7. The van der Waals surface area contributed by atoms with Gasteiger partial charge in [-0.1, -0.05) is 26.0 Å². The normalized spacial score (nSPS) is 11.1. The summed E-state index contributed by atoms with van der Waals surface area (Å²) in [4.78, 5) is 46.3. The Balaban J connectivity index is 2.98. The van der Waals surface area contributed by atoms with E-state index < -0.39 is 62.9 Å². The van der Waals surface area contributed by atoms with E-state index in [2.05, 4.69) is 0 Å². The third-order valence-electron chi connectivity index (χ3n) is 4.41. The molecule has 0 bridgehead atoms. The second kappa shape index (κ2) is 7.10. The maximum Gasteiger partial charge on any atom is 0.336 e. The monoisotopic (exact) mass is 390 g/mol. The minimum atomic E-state index is -1.72. The summed E-state index contributed by atoms with van der Waals surface area (Å²) in [6, 6.07) is 5.09. The van der Waals surface area contributed by atoms with Crippen molar-refractivity contribution >= 4 is 23.9 Å². The minimum absolute atomic E-state index is 0.177. The lowest BCUT2D eigenvalue weighted by Gasteiger charge is -2.30. The Hall–Kier alpha value is -3.75. The molecule has 28 heavy (non-hydrogen) atoms. The summed E-state index contributed by atoms with van der Waals surface area (Å²) in [5.41, 5.74) is -5.16. The summed E-state index contributed by atoms with van der Waals surface area (Å²) >= 11 is 0. The van der Waals surface area contributed by atoms with Crippen molar-refractivity contribution in [2.75, 3.05) is 0 Å². The Morgan fingerprint density at radius 1 is 0.750 bits per heavy atom. The molecule has 0 saturated heterocycles. The predicted octanol–water partition coefficient (Wildman–Crippen LogP) is 2.94. The van der Waals surface area contributed by atoms with Crippen LogP contribution in [0.3, 0.4) is 0 Å². The molecule has 4 N–H and O–H groups in total. The van der Waals surface area contributed by atoms with Gasteiger partial charge in [0.05, 0.1) is 22.3 Å². The molecule has 0 aromatic heterocycles. The van der Waals surface area contributed by atoms with Gasteiger partial charge in [0.25, 0.3) is 0 Å². The van der Waals surface area contributed by atoms with Crippen LogP contribution in [0.5, 0.6) is 0 Å². The van der Waals surface area contributed by atoms with E-state index in [1.807, 2.05) is 0 Å². The van der Waals surface area contributed by atoms with Crippen LogP contribution in [0, 0.1) is 5.82 Å². The second-order valence-corrected chi connectivity index (χ2v) is 6.42. The van der Waals surface area contributed by atoms with Gasteiger partial charge in [-0.15, -0.1) is 0 Å². The van der Waals surface area contributed by atoms with Crippen molar-refractivity contribution in [2.24, 2.45) is 0 Å². The largest absolute Gasteiger partial charge is 0.478 e. The molecule has 2 rings (SSSR count). The van der Waals surface area contributed by atoms with Gasteiger partial charge in [-0.3, -0.25) is 0 Å². The number of hydrogen-bond acceptors (Lipinski definition) is 4. The quantitative estimate of drug-likeness (QED) is 0.588. The van der Waals surface area contributed by atoms with Gasteiger partial charge >= 0.3 is 23.9 Å². The van der Waals surface area contributed by atoms with Gasteiger partial charge < -0.3 is 20.4 Å². The number of carboxylic acid groups (broad SMARTS) is 4. The Kier molecular flexibility index (Phi) is 5.22. The molecule has 8 nitrogen and oxygen atoms in total. The fraction of sp³-hybridized carbons (Fsp3) is 0.158. The zero-order valence-corrected chi connectivity index (χ0v) is 14.7. The van der Waals surface area contributed by atoms with Crippen LogP contribution in [0.2, 0.25) is 0 Å². The Morgan fingerprint density at radius 3 is 1.71 bits per heavy atom. The Morgan fingerprint density at radius 2 is 1.25 bits per heavy atom. The fourth-order valence-electron chi connectivity index (χ4n) is 3.21. The van der Waals surface area contributed by atoms with Gasteiger partial charge in [0.15, 0.2) is 0 Å². The second-order valence-electron chi connectivity index (χ2n) is 6.42. The lowest BCUT2D eigenvalue weighted by Crippen LogP contribution is -2.29. The van der Waals surface area contributed by atoms with E-state index in [9.17, 15) is 44.0 Å². The zero-order valence-electron chi connectivity index (χ0n) is 14.7. The molecule has 0 aliphatic carbocycles. The zero-order chi connectivity index (χ0) is 21.4. The molecule has 146 valence electrons. The lowest BCUT2D eigenvalue weighted by molar-refractivity contribution is 0.0646. The van der Waals surface area contributed by atoms with Crippen LogP contribution in [-0.2, 0) is 5.41 Å². The number of carbonyl (C=O) groups is 4. The van der Waals surface area contributed by atoms with Crippen molar-refractivity contribution in [3.63, 3.8) is 0 Å². The average Bonchev–Trinajstić information content (AvgIpc) is 2.59. The number of carboxylic acids is 4. The highest BCUT2D eigenvalue weighted by Crippen LogP contribution is 2.39. The minimum Gasteiger partial charge on any atom is -0.478 e. The molecule has 0 radical (unpaired) electrons. The van der Waals surface area contributed by atoms with Gasteiger partial charge in [-0.05, 0) is 23.8 Å². The molecule has 0 unspecified atom stereocenters. The van der Waals surface area contributed by atoms with E-state index in [1.165, 1.54) is 26.0 Å². The van der Waals surface area contributed by atoms with Crippen LogP contribution in [0.4, 0.5) is 4.39 Å². The first-order valence-electron chi connectivity index (χ1n) is 7.80. The first-order chi connectivity index (χ1) is 12.9. The Bertz CT molecular complexity index is 1020. The number of aromatic carboxylic acids is 4. The molecule has 0 heterocycles. The first-order valence-corrected chi connectivity index (χ1v) is 7.80. The van der Waals surface area contributed by atoms with Crippen LogP contribution in [0.25, 0.3) is 0 Å². The van der Waals surface area contributed by atoms with E-state index in [4.69, 9.17) is 0 Å². The first kappa shape index (κ1) is 20.6. The highest BCUT2D eigenvalue weighted by atomic mass is 19.1. The van der Waals surface area contributed by atoms with Crippen molar-refractivity contribution < 1.29 is 44.0 Å². The molecule has 0 aliphatic heterocycles. The summed E-state index contributed by atoms with van der Waals surface area (Å²) in [5.74, 6) is -7.52. The van der Waals surface area contributed by atoms with Gasteiger partial charge in [0, 0.05) is 11.0 Å². The third kappa shape index (κ3) is 3.29. The Labute approximate surface area is 157 Å². The van der Waals surface area contributed by atoms with Gasteiger partial charge in [-0.2, -0.15) is 0 Å². The fourth-order valence-corrected chi connectivity index (χ4v) is 3.21. The summed E-state index contributed by atoms with van der Waals surface area (Å²) in [7, 11) is 0. The van der Waals surface area contributed by atoms with E-state index in [-0.39, 0.29) is 5.56 Å². The van der Waals surface area contributed by atoms with Crippen LogP contribution in [-0.4, -0.2) is 44.3 Å². The van der Waals surface area contributed by atoms with Crippen molar-refractivity contribution in [3.8, 4) is 0 Å². The SMILES string of the molecule is CC(C)(c1cccc(C(=O)O)c1C(=O)O)c1c(F)ccc(C(=O)O)c1C(=O)O. The van der Waals surface area contributed by atoms with Crippen LogP contribution >= 0.6 is 0 Å². The predicted molar refractivity (Wildman–Crippen MR) is 92.8 cm³/mol. The molecule has 0 spiro atoms. The van der Waals surface area contributed by atoms with Crippen LogP contribution < -0.4 is 0 Å². The van der Waals surface area contributed by atoms with Gasteiger partial charge in [-0.25, -0.2) is 23.6 Å². The molecular weight excluding hydrogens is 375 g/mol. The lowest BCUT2D eigenvalue weighted by atomic mass is 9.72. The highest BCUT2D eigenvalue weighted by Gasteiger charge is 2.38. The van der Waals surface area contributed by atoms with Crippen LogP contribution in [0.1, 0.15) is 66.4 Å². The smallest absolute Gasteiger partial charge is 0.336 e. The number of halogens is 1. The molecule has 2 aromatic carbocycles. The number of rotatable bonds is 6. The van der Waals surface area contributed by atoms with Crippen molar-refractivity contribution in [1.29, 1.82) is 0 Å². The molecule has 0 saturated carbocycles. The summed E-state index contributed by atoms with van der Waals surface area (Å²) in [6.45, 7) is 2.58. The molecule has 0 fully saturated rings. The number of hydrogen-bond donors (Lipinski definition) is 4. The standard InChI is InChI=1S/C19H15FO8/c1-19(2,10-5-3-4-8(15(21)22)12(10)17(25)26)14-11(20)7-6-9(16(23)24)13(14)18(27)28/h3-7H,1-2H3,(H,21,22)(H,23,24)(H,25,26)(H,27,28). The summed E-state index contributed by atoms with van der Waals surface area (Å²) in [5, 5.41) is 37.6. The van der Waals surface area contributed by atoms with E-state index >= 15 is 0 Å². The van der Waals surface area contributed by atoms with E-state index in [0.29, 0.717) is 0 Å². The van der Waals surface area contributed by atoms with E-state index in [0.717, 1.165) is 18.2 Å². The van der Waals surface area contributed by atoms with E-state index in [1.54, 1.807) is 0 Å². The van der Waals surface area contributed by atoms with Crippen molar-refractivity contribution in [1.82, 2.24) is 0 Å². The molecule has 0 atom stereocenters. The highest BCUT2D eigenvalue weighted by molar-refractivity contribution is 6.05. The van der Waals surface area contributed by atoms with Crippen molar-refractivity contribution in [2.45, 2.75) is 19.3 Å². The third-order valence-corrected chi connectivity index (χ3v) is 4.41. The molecule has 9 heteroatoms. The molecular formula is C19H15FO8. The topological polar surface area (TPSA) is 149 Å². The number of benzene rings is 2.